The van der Waals surface area contributed by atoms with Crippen LogP contribution >= 0.6 is 0 Å². The second kappa shape index (κ2) is 6.82. The standard InChI is InChI=1S/C17H20N4O3/c1-2-14-18-15(19-21(14)13-6-4-3-5-7-13)16(22)20-10-8-12(9-11-20)17(23)24/h3-7,12H,2,8-11H2,1H3,(H,23,24). The smallest absolute Gasteiger partial charge is 0.306 e. The van der Waals surface area contributed by atoms with E-state index in [0.717, 1.165) is 11.5 Å². The number of para-hydroxylation sites is 1. The molecule has 7 heteroatoms. The number of nitrogens with zero attached hydrogens (tertiary/aromatic N) is 4. The summed E-state index contributed by atoms with van der Waals surface area (Å²) in [7, 11) is 0. The predicted molar refractivity (Wildman–Crippen MR) is 87.0 cm³/mol. The number of benzene rings is 1. The normalized spacial score (nSPS) is 15.5. The minimum atomic E-state index is -0.790. The van der Waals surface area contributed by atoms with Crippen LogP contribution < -0.4 is 0 Å². The Morgan fingerprint density at radius 3 is 2.46 bits per heavy atom. The molecule has 1 saturated heterocycles. The molecule has 126 valence electrons. The van der Waals surface area contributed by atoms with Crippen LogP contribution in [-0.4, -0.2) is 49.7 Å². The van der Waals surface area contributed by atoms with Gasteiger partial charge in [-0.05, 0) is 25.0 Å². The number of carboxylic acid groups (broad SMARTS) is 1. The molecule has 1 N–H and O–H groups in total. The predicted octanol–water partition coefficient (Wildman–Crippen LogP) is 1.77. The van der Waals surface area contributed by atoms with Crippen molar-refractivity contribution in [1.82, 2.24) is 19.7 Å². The molecule has 1 fully saturated rings. The fraction of sp³-hybridized carbons (Fsp3) is 0.412. The number of carboxylic acids is 1. The van der Waals surface area contributed by atoms with Gasteiger partial charge in [0, 0.05) is 19.5 Å². The van der Waals surface area contributed by atoms with Crippen LogP contribution in [0, 0.1) is 5.92 Å². The molecule has 1 amide bonds. The van der Waals surface area contributed by atoms with Crippen molar-refractivity contribution < 1.29 is 14.7 Å². The molecule has 1 aliphatic heterocycles. The first kappa shape index (κ1) is 16.2. The maximum atomic E-state index is 12.6. The Bertz CT molecular complexity index is 734. The summed E-state index contributed by atoms with van der Waals surface area (Å²) in [5.74, 6) is -0.491. The highest BCUT2D eigenvalue weighted by Crippen LogP contribution is 2.19. The lowest BCUT2D eigenvalue weighted by molar-refractivity contribution is -0.143. The maximum absolute atomic E-state index is 12.6. The van der Waals surface area contributed by atoms with Crippen LogP contribution in [0.25, 0.3) is 5.69 Å². The molecule has 2 heterocycles. The summed E-state index contributed by atoms with van der Waals surface area (Å²) in [6, 6.07) is 9.58. The highest BCUT2D eigenvalue weighted by Gasteiger charge is 2.29. The fourth-order valence-electron chi connectivity index (χ4n) is 2.91. The number of amides is 1. The first-order valence-corrected chi connectivity index (χ1v) is 8.13. The molecule has 0 radical (unpaired) electrons. The van der Waals surface area contributed by atoms with Gasteiger partial charge in [-0.25, -0.2) is 9.67 Å². The van der Waals surface area contributed by atoms with E-state index in [4.69, 9.17) is 5.11 Å². The molecule has 3 rings (SSSR count). The Morgan fingerprint density at radius 1 is 1.21 bits per heavy atom. The molecule has 0 spiro atoms. The van der Waals surface area contributed by atoms with E-state index in [1.54, 1.807) is 9.58 Å². The van der Waals surface area contributed by atoms with Crippen LogP contribution in [0.2, 0.25) is 0 Å². The summed E-state index contributed by atoms with van der Waals surface area (Å²) in [6.45, 7) is 2.82. The number of carbonyl (C=O) groups excluding carboxylic acids is 1. The van der Waals surface area contributed by atoms with Gasteiger partial charge in [-0.2, -0.15) is 0 Å². The topological polar surface area (TPSA) is 88.3 Å². The van der Waals surface area contributed by atoms with Gasteiger partial charge >= 0.3 is 5.97 Å². The summed E-state index contributed by atoms with van der Waals surface area (Å²) in [4.78, 5) is 29.7. The summed E-state index contributed by atoms with van der Waals surface area (Å²) >= 11 is 0. The minimum absolute atomic E-state index is 0.171. The summed E-state index contributed by atoms with van der Waals surface area (Å²) in [6.07, 6.45) is 1.61. The second-order valence-electron chi connectivity index (χ2n) is 5.86. The van der Waals surface area contributed by atoms with Crippen LogP contribution in [0.4, 0.5) is 0 Å². The molecule has 1 aromatic carbocycles. The van der Waals surface area contributed by atoms with Gasteiger partial charge in [-0.1, -0.05) is 25.1 Å². The number of piperidine rings is 1. The largest absolute Gasteiger partial charge is 0.481 e. The lowest BCUT2D eigenvalue weighted by atomic mass is 9.97. The molecule has 1 aliphatic rings. The van der Waals surface area contributed by atoms with Gasteiger partial charge < -0.3 is 10.0 Å². The minimum Gasteiger partial charge on any atom is -0.481 e. The van der Waals surface area contributed by atoms with Crippen molar-refractivity contribution in [2.75, 3.05) is 13.1 Å². The van der Waals surface area contributed by atoms with Crippen molar-refractivity contribution in [3.63, 3.8) is 0 Å². The molecular weight excluding hydrogens is 308 g/mol. The van der Waals surface area contributed by atoms with Gasteiger partial charge in [-0.15, -0.1) is 5.10 Å². The zero-order chi connectivity index (χ0) is 17.1. The molecular formula is C17H20N4O3. The average Bonchev–Trinajstić information content (AvgIpc) is 3.06. The van der Waals surface area contributed by atoms with Crippen molar-refractivity contribution in [3.8, 4) is 5.69 Å². The van der Waals surface area contributed by atoms with Gasteiger partial charge in [0.1, 0.15) is 5.82 Å². The Morgan fingerprint density at radius 2 is 1.88 bits per heavy atom. The van der Waals surface area contributed by atoms with E-state index in [9.17, 15) is 9.59 Å². The van der Waals surface area contributed by atoms with Gasteiger partial charge in [0.2, 0.25) is 5.82 Å². The van der Waals surface area contributed by atoms with Crippen LogP contribution in [0.15, 0.2) is 30.3 Å². The summed E-state index contributed by atoms with van der Waals surface area (Å²) < 4.78 is 1.69. The van der Waals surface area contributed by atoms with Crippen LogP contribution in [0.3, 0.4) is 0 Å². The molecule has 2 aromatic rings. The number of carbonyl (C=O) groups is 2. The first-order chi connectivity index (χ1) is 11.6. The van der Waals surface area contributed by atoms with E-state index >= 15 is 0 Å². The Labute approximate surface area is 139 Å². The third-order valence-electron chi connectivity index (χ3n) is 4.31. The summed E-state index contributed by atoms with van der Waals surface area (Å²) in [5.41, 5.74) is 0.866. The SMILES string of the molecule is CCc1nc(C(=O)N2CCC(C(=O)O)CC2)nn1-c1ccccc1. The molecule has 1 aromatic heterocycles. The van der Waals surface area contributed by atoms with E-state index in [2.05, 4.69) is 10.1 Å². The van der Waals surface area contributed by atoms with Gasteiger partial charge in [0.15, 0.2) is 0 Å². The Balaban J connectivity index is 1.79. The zero-order valence-electron chi connectivity index (χ0n) is 13.6. The number of hydrogen-bond acceptors (Lipinski definition) is 4. The molecule has 0 atom stereocenters. The molecule has 7 nitrogen and oxygen atoms in total. The van der Waals surface area contributed by atoms with Crippen molar-refractivity contribution in [3.05, 3.63) is 42.0 Å². The van der Waals surface area contributed by atoms with Crippen molar-refractivity contribution in [2.45, 2.75) is 26.2 Å². The third kappa shape index (κ3) is 3.15. The van der Waals surface area contributed by atoms with Crippen molar-refractivity contribution in [2.24, 2.45) is 5.92 Å². The van der Waals surface area contributed by atoms with Crippen molar-refractivity contribution in [1.29, 1.82) is 0 Å². The number of rotatable bonds is 4. The molecule has 0 saturated carbocycles. The number of likely N-dealkylation sites (tertiary alicyclic amines) is 1. The zero-order valence-corrected chi connectivity index (χ0v) is 13.6. The lowest BCUT2D eigenvalue weighted by Gasteiger charge is -2.29. The molecule has 0 unspecified atom stereocenters. The number of aryl methyl sites for hydroxylation is 1. The van der Waals surface area contributed by atoms with Crippen LogP contribution in [0.5, 0.6) is 0 Å². The van der Waals surface area contributed by atoms with E-state index in [1.165, 1.54) is 0 Å². The van der Waals surface area contributed by atoms with E-state index in [0.29, 0.717) is 32.4 Å². The monoisotopic (exact) mass is 328 g/mol. The van der Waals surface area contributed by atoms with Gasteiger partial charge in [0.05, 0.1) is 11.6 Å². The van der Waals surface area contributed by atoms with Crippen LogP contribution in [0.1, 0.15) is 36.2 Å². The lowest BCUT2D eigenvalue weighted by Crippen LogP contribution is -2.40. The highest BCUT2D eigenvalue weighted by atomic mass is 16.4. The molecule has 0 aliphatic carbocycles. The van der Waals surface area contributed by atoms with Gasteiger partial charge in [-0.3, -0.25) is 9.59 Å². The Hall–Kier alpha value is -2.70. The molecule has 0 bridgehead atoms. The average molecular weight is 328 g/mol. The van der Waals surface area contributed by atoms with E-state index < -0.39 is 5.97 Å². The highest BCUT2D eigenvalue weighted by molar-refractivity contribution is 5.90. The maximum Gasteiger partial charge on any atom is 0.306 e. The van der Waals surface area contributed by atoms with Crippen molar-refractivity contribution >= 4 is 11.9 Å². The fourth-order valence-corrected chi connectivity index (χ4v) is 2.91. The summed E-state index contributed by atoms with van der Waals surface area (Å²) in [5, 5.41) is 13.4. The third-order valence-corrected chi connectivity index (χ3v) is 4.31. The number of hydrogen-bond donors (Lipinski definition) is 1. The first-order valence-electron chi connectivity index (χ1n) is 8.13. The molecule has 24 heavy (non-hydrogen) atoms. The number of aliphatic carboxylic acids is 1. The second-order valence-corrected chi connectivity index (χ2v) is 5.86. The van der Waals surface area contributed by atoms with E-state index in [-0.39, 0.29) is 17.6 Å². The van der Waals surface area contributed by atoms with Gasteiger partial charge in [0.25, 0.3) is 5.91 Å². The quantitative estimate of drug-likeness (QED) is 0.924. The Kier molecular flexibility index (Phi) is 4.59. The van der Waals surface area contributed by atoms with Crippen LogP contribution in [-0.2, 0) is 11.2 Å². The van der Waals surface area contributed by atoms with E-state index in [1.807, 2.05) is 37.3 Å². The number of aromatic nitrogens is 3.